The molecule has 1 fully saturated rings. The zero-order valence-corrected chi connectivity index (χ0v) is 24.5. The van der Waals surface area contributed by atoms with Crippen molar-refractivity contribution in [2.45, 2.75) is 62.9 Å². The van der Waals surface area contributed by atoms with Crippen LogP contribution in [-0.2, 0) is 27.7 Å². The Balaban J connectivity index is 1.55. The van der Waals surface area contributed by atoms with Crippen LogP contribution in [-0.4, -0.2) is 80.8 Å². The number of benzene rings is 1. The van der Waals surface area contributed by atoms with Crippen molar-refractivity contribution in [3.8, 4) is 0 Å². The highest BCUT2D eigenvalue weighted by atomic mass is 32.2. The Morgan fingerprint density at radius 1 is 1.08 bits per heavy atom. The van der Waals surface area contributed by atoms with Crippen LogP contribution in [0.5, 0.6) is 0 Å². The molecule has 12 heteroatoms. The smallest absolute Gasteiger partial charge is 0.410 e. The minimum atomic E-state index is -3.68. The summed E-state index contributed by atoms with van der Waals surface area (Å²) in [5.74, 6) is -0.687. The molecule has 0 atom stereocenters. The van der Waals surface area contributed by atoms with Gasteiger partial charge < -0.3 is 19.9 Å². The van der Waals surface area contributed by atoms with Crippen LogP contribution >= 0.6 is 11.3 Å². The van der Waals surface area contributed by atoms with Gasteiger partial charge in [0.15, 0.2) is 0 Å². The van der Waals surface area contributed by atoms with Gasteiger partial charge in [-0.3, -0.25) is 9.59 Å². The quantitative estimate of drug-likeness (QED) is 0.529. The number of carbonyl (C=O) groups excluding carboxylic acids is 3. The van der Waals surface area contributed by atoms with E-state index in [4.69, 9.17) is 4.74 Å². The summed E-state index contributed by atoms with van der Waals surface area (Å²) in [6.07, 6.45) is 4.94. The molecule has 2 heterocycles. The molecule has 10 nitrogen and oxygen atoms in total. The molecule has 39 heavy (non-hydrogen) atoms. The fraction of sp³-hybridized carbons (Fsp3) is 0.519. The van der Waals surface area contributed by atoms with Crippen LogP contribution in [0, 0.1) is 0 Å². The third-order valence-corrected chi connectivity index (χ3v) is 10.4. The lowest BCUT2D eigenvalue weighted by Crippen LogP contribution is -2.38. The maximum atomic E-state index is 13.2. The van der Waals surface area contributed by atoms with Gasteiger partial charge >= 0.3 is 6.09 Å². The zero-order chi connectivity index (χ0) is 28.3. The highest BCUT2D eigenvalue weighted by Gasteiger charge is 2.32. The fourth-order valence-corrected chi connectivity index (χ4v) is 7.74. The van der Waals surface area contributed by atoms with E-state index in [2.05, 4.69) is 5.32 Å². The first-order valence-electron chi connectivity index (χ1n) is 13.2. The number of nitrogens with zero attached hydrogens (tertiary/aromatic N) is 3. The monoisotopic (exact) mass is 576 g/mol. The molecule has 0 saturated heterocycles. The predicted molar refractivity (Wildman–Crippen MR) is 150 cm³/mol. The molecule has 2 aliphatic rings. The van der Waals surface area contributed by atoms with Crippen molar-refractivity contribution in [1.82, 2.24) is 14.1 Å². The van der Waals surface area contributed by atoms with E-state index in [1.54, 1.807) is 33.0 Å². The van der Waals surface area contributed by atoms with Crippen LogP contribution in [0.1, 0.15) is 70.2 Å². The Labute approximate surface area is 234 Å². The van der Waals surface area contributed by atoms with Crippen LogP contribution in [0.4, 0.5) is 9.80 Å². The van der Waals surface area contributed by atoms with E-state index in [-0.39, 0.29) is 29.0 Å². The largest absolute Gasteiger partial charge is 0.450 e. The summed E-state index contributed by atoms with van der Waals surface area (Å²) in [7, 11) is 1.24. The summed E-state index contributed by atoms with van der Waals surface area (Å²) >= 11 is 1.27. The molecule has 1 saturated carbocycles. The second-order valence-electron chi connectivity index (χ2n) is 10.1. The van der Waals surface area contributed by atoms with E-state index < -0.39 is 22.0 Å². The number of amides is 3. The van der Waals surface area contributed by atoms with Crippen molar-refractivity contribution in [3.05, 3.63) is 45.8 Å². The normalized spacial score (nSPS) is 16.1. The Kier molecular flexibility index (Phi) is 8.97. The lowest BCUT2D eigenvalue weighted by molar-refractivity contribution is 0.0827. The van der Waals surface area contributed by atoms with Gasteiger partial charge in [0.25, 0.3) is 11.8 Å². The number of hydrogen-bond donors (Lipinski definition) is 1. The minimum Gasteiger partial charge on any atom is -0.450 e. The SMILES string of the molecule is CCOC(=O)N1CCc2c(sc(NC(=O)c3ccc(S(=O)(=O)N(C)C4CCCCC4)cc3)c2C(=O)N(C)C)C1. The van der Waals surface area contributed by atoms with Crippen LogP contribution in [0.2, 0.25) is 0 Å². The third kappa shape index (κ3) is 6.12. The van der Waals surface area contributed by atoms with E-state index in [9.17, 15) is 22.8 Å². The lowest BCUT2D eigenvalue weighted by Gasteiger charge is -2.30. The molecule has 1 aromatic carbocycles. The van der Waals surface area contributed by atoms with Crippen LogP contribution in [0.3, 0.4) is 0 Å². The number of hydrogen-bond acceptors (Lipinski definition) is 7. The topological polar surface area (TPSA) is 116 Å². The number of sulfonamides is 1. The average Bonchev–Trinajstić information content (AvgIpc) is 3.29. The number of nitrogens with one attached hydrogen (secondary N) is 1. The van der Waals surface area contributed by atoms with Crippen molar-refractivity contribution in [2.24, 2.45) is 0 Å². The minimum absolute atomic E-state index is 0.0102. The van der Waals surface area contributed by atoms with Crippen LogP contribution in [0.15, 0.2) is 29.2 Å². The lowest BCUT2D eigenvalue weighted by atomic mass is 9.96. The van der Waals surface area contributed by atoms with Gasteiger partial charge in [-0.05, 0) is 56.0 Å². The molecular weight excluding hydrogens is 540 g/mol. The van der Waals surface area contributed by atoms with E-state index >= 15 is 0 Å². The maximum absolute atomic E-state index is 13.2. The highest BCUT2D eigenvalue weighted by molar-refractivity contribution is 7.89. The first kappa shape index (κ1) is 29.0. The Morgan fingerprint density at radius 2 is 1.74 bits per heavy atom. The second-order valence-corrected chi connectivity index (χ2v) is 13.2. The van der Waals surface area contributed by atoms with Crippen molar-refractivity contribution >= 4 is 44.3 Å². The molecule has 1 aliphatic carbocycles. The van der Waals surface area contributed by atoms with Crippen molar-refractivity contribution in [3.63, 3.8) is 0 Å². The summed E-state index contributed by atoms with van der Waals surface area (Å²) in [5, 5.41) is 3.26. The van der Waals surface area contributed by atoms with Crippen LogP contribution in [0.25, 0.3) is 0 Å². The number of anilines is 1. The van der Waals surface area contributed by atoms with Crippen molar-refractivity contribution in [2.75, 3.05) is 39.6 Å². The standard InChI is InChI=1S/C27H36N4O6S2/c1-5-37-27(34)31-16-15-21-22(17-31)38-25(23(21)26(33)29(2)3)28-24(32)18-11-13-20(14-12-18)39(35,36)30(4)19-9-7-6-8-10-19/h11-14,19H,5-10,15-17H2,1-4H3,(H,28,32). The van der Waals surface area contributed by atoms with E-state index in [1.165, 1.54) is 44.8 Å². The molecule has 0 bridgehead atoms. The van der Waals surface area contributed by atoms with E-state index in [0.29, 0.717) is 30.1 Å². The van der Waals surface area contributed by atoms with Gasteiger partial charge in [0.05, 0.1) is 23.6 Å². The first-order valence-corrected chi connectivity index (χ1v) is 15.5. The molecule has 4 rings (SSSR count). The van der Waals surface area contributed by atoms with Gasteiger partial charge in [-0.25, -0.2) is 13.2 Å². The van der Waals surface area contributed by atoms with Crippen molar-refractivity contribution in [1.29, 1.82) is 0 Å². The summed E-state index contributed by atoms with van der Waals surface area (Å²) < 4.78 is 32.9. The molecule has 1 aromatic heterocycles. The number of thiophene rings is 1. The number of ether oxygens (including phenoxy) is 1. The maximum Gasteiger partial charge on any atom is 0.410 e. The van der Waals surface area contributed by atoms with E-state index in [1.807, 2.05) is 0 Å². The summed E-state index contributed by atoms with van der Waals surface area (Å²) in [6, 6.07) is 5.86. The van der Waals surface area contributed by atoms with E-state index in [0.717, 1.165) is 42.5 Å². The summed E-state index contributed by atoms with van der Waals surface area (Å²) in [6.45, 7) is 2.73. The second kappa shape index (κ2) is 12.1. The van der Waals surface area contributed by atoms with Crippen molar-refractivity contribution < 1.29 is 27.5 Å². The molecule has 3 amide bonds. The van der Waals surface area contributed by atoms with Crippen LogP contribution < -0.4 is 5.32 Å². The van der Waals surface area contributed by atoms with Gasteiger partial charge in [-0.1, -0.05) is 19.3 Å². The summed E-state index contributed by atoms with van der Waals surface area (Å²) in [5.41, 5.74) is 1.52. The first-order chi connectivity index (χ1) is 18.5. The van der Waals surface area contributed by atoms with Gasteiger partial charge in [0.2, 0.25) is 10.0 Å². The fourth-order valence-electron chi connectivity index (χ4n) is 5.07. The number of carbonyl (C=O) groups is 3. The average molecular weight is 577 g/mol. The Morgan fingerprint density at radius 3 is 2.36 bits per heavy atom. The zero-order valence-electron chi connectivity index (χ0n) is 22.9. The van der Waals surface area contributed by atoms with Gasteiger partial charge in [0.1, 0.15) is 5.00 Å². The molecular formula is C27H36N4O6S2. The molecule has 0 unspecified atom stereocenters. The predicted octanol–water partition coefficient (Wildman–Crippen LogP) is 4.17. The molecule has 1 N–H and O–H groups in total. The van der Waals surface area contributed by atoms with Gasteiger partial charge in [0, 0.05) is 44.2 Å². The summed E-state index contributed by atoms with van der Waals surface area (Å²) in [4.78, 5) is 42.5. The van der Waals surface area contributed by atoms with Gasteiger partial charge in [-0.2, -0.15) is 4.31 Å². The Bertz CT molecular complexity index is 1330. The molecule has 212 valence electrons. The molecule has 0 radical (unpaired) electrons. The van der Waals surface area contributed by atoms with Gasteiger partial charge in [-0.15, -0.1) is 11.3 Å². The third-order valence-electron chi connectivity index (χ3n) is 7.31. The molecule has 2 aromatic rings. The number of fused-ring (bicyclic) bond motifs is 1. The molecule has 0 spiro atoms. The highest BCUT2D eigenvalue weighted by Crippen LogP contribution is 2.38. The Hall–Kier alpha value is -2.96. The number of rotatable bonds is 7. The molecule has 1 aliphatic heterocycles.